The molecule has 0 aliphatic carbocycles. The van der Waals surface area contributed by atoms with E-state index in [-0.39, 0.29) is 23.7 Å². The number of aromatic hydroxyl groups is 1. The maximum Gasteiger partial charge on any atom is 0.344 e. The molecule has 150 valence electrons. The van der Waals surface area contributed by atoms with Crippen molar-refractivity contribution in [1.82, 2.24) is 0 Å². The first-order chi connectivity index (χ1) is 13.9. The Morgan fingerprint density at radius 1 is 1.17 bits per heavy atom. The largest absolute Gasteiger partial charge is 0.508 e. The van der Waals surface area contributed by atoms with Crippen LogP contribution in [-0.4, -0.2) is 34.9 Å². The lowest BCUT2D eigenvalue weighted by Crippen LogP contribution is -2.12. The molecule has 0 fully saturated rings. The van der Waals surface area contributed by atoms with Gasteiger partial charge in [-0.05, 0) is 44.2 Å². The quantitative estimate of drug-likeness (QED) is 0.680. The average molecular weight is 411 g/mol. The maximum absolute atomic E-state index is 12.5. The minimum absolute atomic E-state index is 0.0291. The Morgan fingerprint density at radius 3 is 2.55 bits per heavy atom. The monoisotopic (exact) mass is 411 g/mol. The molecule has 0 saturated carbocycles. The second-order valence-corrected chi connectivity index (χ2v) is 7.26. The molecule has 29 heavy (non-hydrogen) atoms. The van der Waals surface area contributed by atoms with Gasteiger partial charge in [0.1, 0.15) is 27.9 Å². The van der Waals surface area contributed by atoms with Crippen molar-refractivity contribution in [2.45, 2.75) is 13.8 Å². The van der Waals surface area contributed by atoms with Crippen molar-refractivity contribution in [2.24, 2.45) is 4.99 Å². The van der Waals surface area contributed by atoms with Crippen LogP contribution in [-0.2, 0) is 9.53 Å². The number of aliphatic hydroxyl groups excluding tert-OH is 1. The summed E-state index contributed by atoms with van der Waals surface area (Å²) in [7, 11) is 1.49. The molecule has 2 aromatic carbocycles. The molecule has 0 spiro atoms. The third-order valence-electron chi connectivity index (χ3n) is 4.14. The first-order valence-corrected chi connectivity index (χ1v) is 9.77. The van der Waals surface area contributed by atoms with Crippen LogP contribution in [0.3, 0.4) is 0 Å². The first kappa shape index (κ1) is 20.5. The van der Waals surface area contributed by atoms with Crippen LogP contribution >= 0.6 is 11.8 Å². The Morgan fingerprint density at radius 2 is 1.90 bits per heavy atom. The Kier molecular flexibility index (Phi) is 6.29. The molecule has 1 heterocycles. The highest BCUT2D eigenvalue weighted by Gasteiger charge is 2.33. The zero-order chi connectivity index (χ0) is 21.0. The number of benzene rings is 2. The van der Waals surface area contributed by atoms with Crippen molar-refractivity contribution in [3.63, 3.8) is 0 Å². The molecule has 3 rings (SSSR count). The number of thioether (sulfide) groups is 1. The molecular formula is C22H21NO5S. The number of esters is 1. The topological polar surface area (TPSA) is 88.4 Å². The van der Waals surface area contributed by atoms with Crippen LogP contribution in [0.4, 0.5) is 5.69 Å². The van der Waals surface area contributed by atoms with Gasteiger partial charge in [0.05, 0.1) is 24.3 Å². The number of nitrogens with zero attached hydrogens (tertiary/aromatic N) is 1. The lowest BCUT2D eigenvalue weighted by atomic mass is 10.1. The standard InChI is InChI=1S/C22H21NO5S/c1-4-28-22(26)19-20(25)18(11-14-7-10-16(24)12-17(14)27-3)29-21(19)23-15-8-5-13(2)6-9-15/h5-12,24-25H,4H2,1-3H3/b18-11+,23-21?. The van der Waals surface area contributed by atoms with E-state index >= 15 is 0 Å². The van der Waals surface area contributed by atoms with Gasteiger partial charge < -0.3 is 19.7 Å². The fraction of sp³-hybridized carbons (Fsp3) is 0.182. The number of ether oxygens (including phenoxy) is 2. The Bertz CT molecular complexity index is 1020. The smallest absolute Gasteiger partial charge is 0.344 e. The van der Waals surface area contributed by atoms with Crippen LogP contribution in [0.1, 0.15) is 18.1 Å². The molecule has 2 aromatic rings. The number of aliphatic imine (C=N–C) groups is 1. The number of rotatable bonds is 5. The number of methoxy groups -OCH3 is 1. The normalized spacial score (nSPS) is 16.5. The number of hydrogen-bond acceptors (Lipinski definition) is 7. The number of aliphatic hydroxyl groups is 1. The second-order valence-electron chi connectivity index (χ2n) is 6.23. The van der Waals surface area contributed by atoms with E-state index in [1.165, 1.54) is 31.0 Å². The van der Waals surface area contributed by atoms with Gasteiger partial charge in [0.15, 0.2) is 0 Å². The summed E-state index contributed by atoms with van der Waals surface area (Å²) in [4.78, 5) is 17.4. The summed E-state index contributed by atoms with van der Waals surface area (Å²) in [6.45, 7) is 3.86. The summed E-state index contributed by atoms with van der Waals surface area (Å²) >= 11 is 1.17. The summed E-state index contributed by atoms with van der Waals surface area (Å²) in [6, 6.07) is 12.2. The van der Waals surface area contributed by atoms with Gasteiger partial charge in [-0.1, -0.05) is 29.5 Å². The van der Waals surface area contributed by atoms with E-state index < -0.39 is 5.97 Å². The van der Waals surface area contributed by atoms with Gasteiger partial charge in [-0.3, -0.25) is 0 Å². The van der Waals surface area contributed by atoms with E-state index in [2.05, 4.69) is 4.99 Å². The zero-order valence-electron chi connectivity index (χ0n) is 16.3. The van der Waals surface area contributed by atoms with E-state index in [0.29, 0.717) is 26.9 Å². The van der Waals surface area contributed by atoms with E-state index in [1.54, 1.807) is 19.1 Å². The number of phenols is 1. The third-order valence-corrected chi connectivity index (χ3v) is 5.16. The van der Waals surface area contributed by atoms with Crippen molar-refractivity contribution in [3.8, 4) is 11.5 Å². The van der Waals surface area contributed by atoms with Crippen molar-refractivity contribution in [2.75, 3.05) is 13.7 Å². The number of aryl methyl sites for hydroxylation is 1. The van der Waals surface area contributed by atoms with Crippen LogP contribution in [0.5, 0.6) is 11.5 Å². The maximum atomic E-state index is 12.5. The SMILES string of the molecule is CCOC(=O)C1=C(O)/C(=C\c2ccc(O)cc2OC)SC1=Nc1ccc(C)cc1. The predicted octanol–water partition coefficient (Wildman–Crippen LogP) is 4.90. The molecule has 0 aromatic heterocycles. The van der Waals surface area contributed by atoms with Gasteiger partial charge in [-0.15, -0.1) is 0 Å². The molecule has 0 atom stereocenters. The van der Waals surface area contributed by atoms with E-state index in [1.807, 2.05) is 31.2 Å². The highest BCUT2D eigenvalue weighted by molar-refractivity contribution is 8.18. The molecular weight excluding hydrogens is 390 g/mol. The minimum atomic E-state index is -0.635. The van der Waals surface area contributed by atoms with Gasteiger partial charge in [-0.2, -0.15) is 0 Å². The van der Waals surface area contributed by atoms with Gasteiger partial charge in [0.25, 0.3) is 0 Å². The molecule has 2 N–H and O–H groups in total. The molecule has 1 aliphatic rings. The Balaban J connectivity index is 2.06. The van der Waals surface area contributed by atoms with E-state index in [0.717, 1.165) is 5.56 Å². The van der Waals surface area contributed by atoms with Crippen LogP contribution in [0.2, 0.25) is 0 Å². The van der Waals surface area contributed by atoms with Crippen LogP contribution in [0.15, 0.2) is 63.7 Å². The molecule has 0 radical (unpaired) electrons. The van der Waals surface area contributed by atoms with E-state index in [4.69, 9.17) is 9.47 Å². The fourth-order valence-electron chi connectivity index (χ4n) is 2.69. The summed E-state index contributed by atoms with van der Waals surface area (Å²) in [5.41, 5.74) is 2.42. The average Bonchev–Trinajstić information content (AvgIpc) is 3.00. The summed E-state index contributed by atoms with van der Waals surface area (Å²) < 4.78 is 10.4. The van der Waals surface area contributed by atoms with Crippen LogP contribution in [0.25, 0.3) is 6.08 Å². The van der Waals surface area contributed by atoms with Crippen LogP contribution in [0, 0.1) is 6.92 Å². The highest BCUT2D eigenvalue weighted by Crippen LogP contribution is 2.41. The van der Waals surface area contributed by atoms with Gasteiger partial charge >= 0.3 is 5.97 Å². The number of carbonyl (C=O) groups is 1. The number of carbonyl (C=O) groups excluding carboxylic acids is 1. The lowest BCUT2D eigenvalue weighted by Gasteiger charge is -2.06. The van der Waals surface area contributed by atoms with Crippen molar-refractivity contribution in [3.05, 3.63) is 69.8 Å². The predicted molar refractivity (Wildman–Crippen MR) is 115 cm³/mol. The first-order valence-electron chi connectivity index (χ1n) is 8.96. The van der Waals surface area contributed by atoms with Crippen molar-refractivity contribution >= 4 is 34.5 Å². The minimum Gasteiger partial charge on any atom is -0.508 e. The fourth-order valence-corrected chi connectivity index (χ4v) is 3.71. The van der Waals surface area contributed by atoms with Gasteiger partial charge in [-0.25, -0.2) is 9.79 Å². The van der Waals surface area contributed by atoms with Gasteiger partial charge in [0, 0.05) is 11.6 Å². The second kappa shape index (κ2) is 8.87. The third kappa shape index (κ3) is 4.63. The summed E-state index contributed by atoms with van der Waals surface area (Å²) in [5, 5.41) is 20.7. The molecule has 7 heteroatoms. The summed E-state index contributed by atoms with van der Waals surface area (Å²) in [5.74, 6) is -0.331. The Hall–Kier alpha value is -3.19. The molecule has 0 bridgehead atoms. The molecule has 0 amide bonds. The lowest BCUT2D eigenvalue weighted by molar-refractivity contribution is -0.138. The van der Waals surface area contributed by atoms with Gasteiger partial charge in [0.2, 0.25) is 0 Å². The van der Waals surface area contributed by atoms with Crippen molar-refractivity contribution < 1.29 is 24.5 Å². The number of phenolic OH excluding ortho intramolecular Hbond substituents is 1. The molecule has 0 saturated heterocycles. The molecule has 6 nitrogen and oxygen atoms in total. The Labute approximate surface area is 173 Å². The zero-order valence-corrected chi connectivity index (χ0v) is 17.1. The van der Waals surface area contributed by atoms with Crippen molar-refractivity contribution in [1.29, 1.82) is 0 Å². The number of hydrogen-bond donors (Lipinski definition) is 2. The molecule has 0 unspecified atom stereocenters. The summed E-state index contributed by atoms with van der Waals surface area (Å²) in [6.07, 6.45) is 1.68. The van der Waals surface area contributed by atoms with E-state index in [9.17, 15) is 15.0 Å². The van der Waals surface area contributed by atoms with Crippen LogP contribution < -0.4 is 4.74 Å². The molecule has 1 aliphatic heterocycles. The highest BCUT2D eigenvalue weighted by atomic mass is 32.2.